The maximum atomic E-state index is 11.9. The van der Waals surface area contributed by atoms with E-state index in [-0.39, 0.29) is 11.2 Å². The smallest absolute Gasteiger partial charge is 0.162 e. The number of ketones is 1. The van der Waals surface area contributed by atoms with Gasteiger partial charge in [-0.2, -0.15) is 0 Å². The van der Waals surface area contributed by atoms with E-state index < -0.39 is 0 Å². The molecule has 0 bridgehead atoms. The van der Waals surface area contributed by atoms with E-state index in [1.165, 1.54) is 0 Å². The largest absolute Gasteiger partial charge is 0.507 e. The summed E-state index contributed by atoms with van der Waals surface area (Å²) in [7, 11) is 0. The Kier molecular flexibility index (Phi) is 3.97. The van der Waals surface area contributed by atoms with Crippen LogP contribution in [-0.4, -0.2) is 10.9 Å². The Labute approximate surface area is 104 Å². The van der Waals surface area contributed by atoms with E-state index in [1.807, 2.05) is 40.7 Å². The Bertz CT molecular complexity index is 425. The highest BCUT2D eigenvalue weighted by molar-refractivity contribution is 5.96. The van der Waals surface area contributed by atoms with Gasteiger partial charge in [0.2, 0.25) is 0 Å². The molecule has 1 N–H and O–H groups in total. The molecule has 0 saturated carbocycles. The maximum Gasteiger partial charge on any atom is 0.162 e. The van der Waals surface area contributed by atoms with Crippen molar-refractivity contribution in [3.8, 4) is 5.75 Å². The third-order valence-electron chi connectivity index (χ3n) is 2.91. The first-order chi connectivity index (χ1) is 7.77. The summed E-state index contributed by atoms with van der Waals surface area (Å²) in [4.78, 5) is 11.9. The Hall–Kier alpha value is -1.31. The second-order valence-electron chi connectivity index (χ2n) is 5.61. The van der Waals surface area contributed by atoms with Crippen molar-refractivity contribution in [1.82, 2.24) is 0 Å². The second-order valence-corrected chi connectivity index (χ2v) is 5.61. The first kappa shape index (κ1) is 13.8. The van der Waals surface area contributed by atoms with Crippen molar-refractivity contribution in [2.24, 2.45) is 0 Å². The zero-order valence-electron chi connectivity index (χ0n) is 11.4. The van der Waals surface area contributed by atoms with Crippen LogP contribution in [0.25, 0.3) is 0 Å². The Morgan fingerprint density at radius 3 is 2.35 bits per heavy atom. The van der Waals surface area contributed by atoms with Crippen LogP contribution < -0.4 is 0 Å². The molecule has 0 spiro atoms. The molecule has 0 aliphatic carbocycles. The number of hydrogen-bond donors (Lipinski definition) is 1. The summed E-state index contributed by atoms with van der Waals surface area (Å²) in [5, 5.41) is 10.1. The molecule has 0 heterocycles. The summed E-state index contributed by atoms with van der Waals surface area (Å²) >= 11 is 0. The van der Waals surface area contributed by atoms with E-state index in [2.05, 4.69) is 0 Å². The number of phenolic OH excluding ortho intramolecular Hbond substituents is 1. The Morgan fingerprint density at radius 1 is 1.29 bits per heavy atom. The molecule has 0 aliphatic rings. The van der Waals surface area contributed by atoms with Crippen molar-refractivity contribution in [1.29, 1.82) is 0 Å². The van der Waals surface area contributed by atoms with Crippen molar-refractivity contribution in [3.63, 3.8) is 0 Å². The molecule has 0 atom stereocenters. The summed E-state index contributed by atoms with van der Waals surface area (Å²) in [6.07, 6.45) is 1.41. The molecular weight excluding hydrogens is 212 g/mol. The van der Waals surface area contributed by atoms with Gasteiger partial charge < -0.3 is 5.11 Å². The van der Waals surface area contributed by atoms with Gasteiger partial charge >= 0.3 is 0 Å². The number of Topliss-reactive ketones (excluding diaryl/α,β-unsaturated/α-hetero) is 1. The van der Waals surface area contributed by atoms with Crippen molar-refractivity contribution in [2.45, 2.75) is 52.9 Å². The summed E-state index contributed by atoms with van der Waals surface area (Å²) < 4.78 is 0. The van der Waals surface area contributed by atoms with Crippen LogP contribution in [-0.2, 0) is 5.41 Å². The molecule has 17 heavy (non-hydrogen) atoms. The third-order valence-corrected chi connectivity index (χ3v) is 2.91. The second kappa shape index (κ2) is 4.91. The van der Waals surface area contributed by atoms with Crippen LogP contribution in [0.15, 0.2) is 12.1 Å². The molecule has 0 saturated heterocycles. The number of hydrogen-bond acceptors (Lipinski definition) is 2. The predicted octanol–water partition coefficient (Wildman–Crippen LogP) is 3.98. The van der Waals surface area contributed by atoms with E-state index in [0.717, 1.165) is 17.5 Å². The fourth-order valence-corrected chi connectivity index (χ4v) is 1.88. The average Bonchev–Trinajstić information content (AvgIpc) is 2.20. The minimum atomic E-state index is -0.155. The monoisotopic (exact) mass is 234 g/mol. The molecule has 1 aromatic carbocycles. The summed E-state index contributed by atoms with van der Waals surface area (Å²) in [6.45, 7) is 9.95. The standard InChI is InChI=1S/C15H22O2/c1-6-7-13(16)11-8-10(2)14(17)12(9-11)15(3,4)5/h8-9,17H,6-7H2,1-5H3. The molecule has 0 unspecified atom stereocenters. The van der Waals surface area contributed by atoms with E-state index in [1.54, 1.807) is 6.07 Å². The highest BCUT2D eigenvalue weighted by Gasteiger charge is 2.21. The van der Waals surface area contributed by atoms with E-state index in [4.69, 9.17) is 0 Å². The number of aryl methyl sites for hydroxylation is 1. The minimum absolute atomic E-state index is 0.154. The fraction of sp³-hybridized carbons (Fsp3) is 0.533. The summed E-state index contributed by atoms with van der Waals surface area (Å²) in [5.74, 6) is 0.464. The van der Waals surface area contributed by atoms with E-state index in [9.17, 15) is 9.90 Å². The number of phenols is 1. The number of benzene rings is 1. The van der Waals surface area contributed by atoms with Gasteiger partial charge in [0.15, 0.2) is 5.78 Å². The quantitative estimate of drug-likeness (QED) is 0.803. The molecule has 0 aliphatic heterocycles. The Morgan fingerprint density at radius 2 is 1.88 bits per heavy atom. The molecule has 0 aromatic heterocycles. The van der Waals surface area contributed by atoms with Gasteiger partial charge in [0.1, 0.15) is 5.75 Å². The number of rotatable bonds is 3. The molecule has 1 rings (SSSR count). The van der Waals surface area contributed by atoms with Gasteiger partial charge in [-0.15, -0.1) is 0 Å². The van der Waals surface area contributed by atoms with Crippen LogP contribution in [0.4, 0.5) is 0 Å². The minimum Gasteiger partial charge on any atom is -0.507 e. The lowest BCUT2D eigenvalue weighted by molar-refractivity contribution is 0.0981. The highest BCUT2D eigenvalue weighted by Crippen LogP contribution is 2.34. The topological polar surface area (TPSA) is 37.3 Å². The summed E-state index contributed by atoms with van der Waals surface area (Å²) in [6, 6.07) is 3.61. The molecule has 94 valence electrons. The Balaban J connectivity index is 3.29. The third kappa shape index (κ3) is 3.09. The van der Waals surface area contributed by atoms with Gasteiger partial charge in [0.05, 0.1) is 0 Å². The number of carbonyl (C=O) groups excluding carboxylic acids is 1. The molecule has 0 radical (unpaired) electrons. The first-order valence-electron chi connectivity index (χ1n) is 6.14. The number of aromatic hydroxyl groups is 1. The average molecular weight is 234 g/mol. The molecule has 0 fully saturated rings. The van der Waals surface area contributed by atoms with E-state index >= 15 is 0 Å². The van der Waals surface area contributed by atoms with Gasteiger partial charge in [-0.05, 0) is 36.5 Å². The molecular formula is C15H22O2. The zero-order valence-corrected chi connectivity index (χ0v) is 11.4. The van der Waals surface area contributed by atoms with Crippen LogP contribution in [0.3, 0.4) is 0 Å². The highest BCUT2D eigenvalue weighted by atomic mass is 16.3. The maximum absolute atomic E-state index is 11.9. The van der Waals surface area contributed by atoms with Gasteiger partial charge in [0, 0.05) is 17.5 Å². The molecule has 1 aromatic rings. The zero-order chi connectivity index (χ0) is 13.2. The molecule has 0 amide bonds. The van der Waals surface area contributed by atoms with Crippen molar-refractivity contribution in [2.75, 3.05) is 0 Å². The SMILES string of the molecule is CCCC(=O)c1cc(C)c(O)c(C(C)(C)C)c1. The van der Waals surface area contributed by atoms with Crippen molar-refractivity contribution < 1.29 is 9.90 Å². The van der Waals surface area contributed by atoms with Crippen LogP contribution in [0, 0.1) is 6.92 Å². The predicted molar refractivity (Wildman–Crippen MR) is 70.8 cm³/mol. The lowest BCUT2D eigenvalue weighted by Crippen LogP contribution is -2.13. The fourth-order valence-electron chi connectivity index (χ4n) is 1.88. The van der Waals surface area contributed by atoms with Gasteiger partial charge in [-0.25, -0.2) is 0 Å². The van der Waals surface area contributed by atoms with Crippen molar-refractivity contribution in [3.05, 3.63) is 28.8 Å². The van der Waals surface area contributed by atoms with Gasteiger partial charge in [0.25, 0.3) is 0 Å². The van der Waals surface area contributed by atoms with Gasteiger partial charge in [-0.3, -0.25) is 4.79 Å². The van der Waals surface area contributed by atoms with Crippen LogP contribution in [0.5, 0.6) is 5.75 Å². The number of carbonyl (C=O) groups is 1. The van der Waals surface area contributed by atoms with Crippen molar-refractivity contribution >= 4 is 5.78 Å². The first-order valence-corrected chi connectivity index (χ1v) is 6.14. The van der Waals surface area contributed by atoms with E-state index in [0.29, 0.717) is 17.7 Å². The lowest BCUT2D eigenvalue weighted by Gasteiger charge is -2.22. The molecule has 2 heteroatoms. The normalized spacial score (nSPS) is 11.6. The summed E-state index contributed by atoms with van der Waals surface area (Å²) in [5.41, 5.74) is 2.18. The van der Waals surface area contributed by atoms with Crippen LogP contribution in [0.2, 0.25) is 0 Å². The van der Waals surface area contributed by atoms with Gasteiger partial charge in [-0.1, -0.05) is 27.7 Å². The lowest BCUT2D eigenvalue weighted by atomic mass is 9.83. The van der Waals surface area contributed by atoms with Crippen LogP contribution in [0.1, 0.15) is 62.0 Å². The molecule has 2 nitrogen and oxygen atoms in total. The van der Waals surface area contributed by atoms with Crippen LogP contribution >= 0.6 is 0 Å².